The van der Waals surface area contributed by atoms with E-state index in [0.717, 1.165) is 5.56 Å². The van der Waals surface area contributed by atoms with Crippen LogP contribution >= 0.6 is 11.6 Å². The largest absolute Gasteiger partial charge is 0.468 e. The molecule has 20 heavy (non-hydrogen) atoms. The first-order valence-corrected chi connectivity index (χ1v) is 6.48. The van der Waals surface area contributed by atoms with E-state index in [-0.39, 0.29) is 12.5 Å². The second-order valence-corrected chi connectivity index (χ2v) is 4.94. The van der Waals surface area contributed by atoms with Gasteiger partial charge < -0.3 is 10.1 Å². The molecule has 0 heterocycles. The fourth-order valence-electron chi connectivity index (χ4n) is 1.87. The monoisotopic (exact) mass is 296 g/mol. The predicted molar refractivity (Wildman–Crippen MR) is 77.6 cm³/mol. The van der Waals surface area contributed by atoms with E-state index in [1.165, 1.54) is 7.11 Å². The van der Waals surface area contributed by atoms with Gasteiger partial charge in [0.2, 0.25) is 0 Å². The Kier molecular flexibility index (Phi) is 6.31. The molecule has 0 fully saturated rings. The highest BCUT2D eigenvalue weighted by Crippen LogP contribution is 2.17. The van der Waals surface area contributed by atoms with Gasteiger partial charge in [0.15, 0.2) is 0 Å². The van der Waals surface area contributed by atoms with Crippen LogP contribution in [0.4, 0.5) is 0 Å². The van der Waals surface area contributed by atoms with Crippen molar-refractivity contribution in [2.75, 3.05) is 20.2 Å². The molecule has 0 radical (unpaired) electrons. The van der Waals surface area contributed by atoms with Gasteiger partial charge >= 0.3 is 5.97 Å². The minimum Gasteiger partial charge on any atom is -0.468 e. The minimum absolute atomic E-state index is 0.268. The highest BCUT2D eigenvalue weighted by Gasteiger charge is 2.33. The molecular formula is C13H17ClN4O2. The summed E-state index contributed by atoms with van der Waals surface area (Å²) in [5.74, 6) is -0.367. The number of carbonyl (C=O) groups excluding carboxylic acids is 1. The van der Waals surface area contributed by atoms with Crippen LogP contribution in [0.1, 0.15) is 12.5 Å². The summed E-state index contributed by atoms with van der Waals surface area (Å²) in [4.78, 5) is 14.6. The molecule has 6 nitrogen and oxygen atoms in total. The molecule has 0 amide bonds. The van der Waals surface area contributed by atoms with Crippen LogP contribution in [0.3, 0.4) is 0 Å². The molecule has 1 unspecified atom stereocenters. The number of rotatable bonds is 7. The Labute approximate surface area is 122 Å². The number of methoxy groups -OCH3 is 1. The second-order valence-electron chi connectivity index (χ2n) is 4.51. The normalized spacial score (nSPS) is 13.2. The van der Waals surface area contributed by atoms with Crippen molar-refractivity contribution in [3.63, 3.8) is 0 Å². The molecule has 0 aliphatic carbocycles. The molecule has 0 aliphatic rings. The van der Waals surface area contributed by atoms with Crippen LogP contribution in [-0.4, -0.2) is 31.7 Å². The Morgan fingerprint density at radius 3 is 2.70 bits per heavy atom. The summed E-state index contributed by atoms with van der Waals surface area (Å²) >= 11 is 5.84. The van der Waals surface area contributed by atoms with Crippen molar-refractivity contribution in [2.45, 2.75) is 18.9 Å². The van der Waals surface area contributed by atoms with E-state index in [2.05, 4.69) is 15.3 Å². The molecular weight excluding hydrogens is 280 g/mol. The van der Waals surface area contributed by atoms with Gasteiger partial charge in [-0.3, -0.25) is 4.79 Å². The van der Waals surface area contributed by atoms with Crippen molar-refractivity contribution >= 4 is 17.6 Å². The maximum absolute atomic E-state index is 12.0. The van der Waals surface area contributed by atoms with Crippen LogP contribution in [0.15, 0.2) is 29.4 Å². The Bertz CT molecular complexity index is 500. The van der Waals surface area contributed by atoms with Gasteiger partial charge in [-0.1, -0.05) is 28.8 Å². The van der Waals surface area contributed by atoms with Gasteiger partial charge in [0.25, 0.3) is 0 Å². The lowest BCUT2D eigenvalue weighted by molar-refractivity contribution is -0.147. The molecule has 1 atom stereocenters. The van der Waals surface area contributed by atoms with Crippen molar-refractivity contribution in [3.05, 3.63) is 45.3 Å². The molecule has 7 heteroatoms. The highest BCUT2D eigenvalue weighted by atomic mass is 35.5. The van der Waals surface area contributed by atoms with Crippen LogP contribution in [0.25, 0.3) is 10.4 Å². The van der Waals surface area contributed by atoms with Crippen LogP contribution in [0, 0.1) is 0 Å². The van der Waals surface area contributed by atoms with Gasteiger partial charge in [-0.2, -0.15) is 0 Å². The summed E-state index contributed by atoms with van der Waals surface area (Å²) in [7, 11) is 1.34. The number of hydrogen-bond acceptors (Lipinski definition) is 4. The van der Waals surface area contributed by atoms with Crippen molar-refractivity contribution in [3.8, 4) is 0 Å². The second kappa shape index (κ2) is 7.75. The van der Waals surface area contributed by atoms with E-state index in [9.17, 15) is 4.79 Å². The van der Waals surface area contributed by atoms with Crippen molar-refractivity contribution in [1.29, 1.82) is 0 Å². The van der Waals surface area contributed by atoms with Gasteiger partial charge in [0.05, 0.1) is 7.11 Å². The van der Waals surface area contributed by atoms with E-state index in [4.69, 9.17) is 21.9 Å². The Morgan fingerprint density at radius 1 is 1.50 bits per heavy atom. The average molecular weight is 297 g/mol. The zero-order valence-corrected chi connectivity index (χ0v) is 12.2. The fourth-order valence-corrected chi connectivity index (χ4v) is 2.00. The number of nitrogens with one attached hydrogen (secondary N) is 1. The quantitative estimate of drug-likeness (QED) is 0.276. The van der Waals surface area contributed by atoms with Gasteiger partial charge in [0, 0.05) is 29.4 Å². The van der Waals surface area contributed by atoms with Crippen molar-refractivity contribution in [2.24, 2.45) is 5.11 Å². The van der Waals surface area contributed by atoms with Crippen LogP contribution in [-0.2, 0) is 16.0 Å². The van der Waals surface area contributed by atoms with Gasteiger partial charge in [-0.05, 0) is 30.2 Å². The molecule has 1 aromatic rings. The molecule has 0 saturated carbocycles. The van der Waals surface area contributed by atoms with Crippen molar-refractivity contribution < 1.29 is 9.53 Å². The maximum Gasteiger partial charge on any atom is 0.326 e. The molecule has 0 spiro atoms. The molecule has 1 aromatic carbocycles. The molecule has 0 bridgehead atoms. The summed E-state index contributed by atoms with van der Waals surface area (Å²) in [6.07, 6.45) is 0.451. The van der Waals surface area contributed by atoms with Crippen LogP contribution in [0.2, 0.25) is 5.02 Å². The van der Waals surface area contributed by atoms with Crippen LogP contribution in [0.5, 0.6) is 0 Å². The summed E-state index contributed by atoms with van der Waals surface area (Å²) < 4.78 is 4.84. The summed E-state index contributed by atoms with van der Waals surface area (Å²) in [5.41, 5.74) is 8.31. The molecule has 108 valence electrons. The number of halogens is 1. The molecule has 0 aliphatic heterocycles. The van der Waals surface area contributed by atoms with Gasteiger partial charge in [-0.25, -0.2) is 0 Å². The third-order valence-electron chi connectivity index (χ3n) is 2.90. The minimum atomic E-state index is -0.881. The number of ether oxygens (including phenoxy) is 1. The van der Waals surface area contributed by atoms with E-state index >= 15 is 0 Å². The fraction of sp³-hybridized carbons (Fsp3) is 0.462. The number of benzene rings is 1. The van der Waals surface area contributed by atoms with Crippen LogP contribution < -0.4 is 5.32 Å². The zero-order chi connectivity index (χ0) is 15.0. The smallest absolute Gasteiger partial charge is 0.326 e. The first-order chi connectivity index (χ1) is 9.51. The summed E-state index contributed by atoms with van der Waals surface area (Å²) in [6.45, 7) is 2.41. The molecule has 0 saturated heterocycles. The molecule has 1 N–H and O–H groups in total. The van der Waals surface area contributed by atoms with Gasteiger partial charge in [-0.15, -0.1) is 0 Å². The molecule has 0 aromatic heterocycles. The molecule has 1 rings (SSSR count). The third kappa shape index (κ3) is 4.74. The number of carbonyl (C=O) groups is 1. The van der Waals surface area contributed by atoms with E-state index in [1.807, 2.05) is 12.1 Å². The average Bonchev–Trinajstić information content (AvgIpc) is 2.45. The van der Waals surface area contributed by atoms with Gasteiger partial charge in [0.1, 0.15) is 5.54 Å². The highest BCUT2D eigenvalue weighted by molar-refractivity contribution is 6.30. The topological polar surface area (TPSA) is 87.1 Å². The lowest BCUT2D eigenvalue weighted by atomic mass is 9.92. The lowest BCUT2D eigenvalue weighted by Gasteiger charge is -2.28. The predicted octanol–water partition coefficient (Wildman–Crippen LogP) is 2.71. The lowest BCUT2D eigenvalue weighted by Crippen LogP contribution is -2.52. The number of azide groups is 1. The Hall–Kier alpha value is -1.75. The maximum atomic E-state index is 12.0. The first kappa shape index (κ1) is 16.3. The number of esters is 1. The van der Waals surface area contributed by atoms with E-state index in [1.54, 1.807) is 19.1 Å². The zero-order valence-electron chi connectivity index (χ0n) is 11.5. The number of nitrogens with zero attached hydrogens (tertiary/aromatic N) is 3. The summed E-state index contributed by atoms with van der Waals surface area (Å²) in [5, 5.41) is 7.14. The number of hydrogen-bond donors (Lipinski definition) is 1. The van der Waals surface area contributed by atoms with E-state index < -0.39 is 5.54 Å². The SMILES string of the molecule is COC(=O)C(C)(Cc1ccc(Cl)cc1)NCCN=[N+]=[N-]. The Morgan fingerprint density at radius 2 is 2.15 bits per heavy atom. The summed E-state index contributed by atoms with van der Waals surface area (Å²) in [6, 6.07) is 7.26. The van der Waals surface area contributed by atoms with E-state index in [0.29, 0.717) is 18.0 Å². The standard InChI is InChI=1S/C13H17ClN4O2/c1-13(12(19)20-2,16-7-8-17-18-15)9-10-3-5-11(14)6-4-10/h3-6,16H,7-9H2,1-2H3. The third-order valence-corrected chi connectivity index (χ3v) is 3.15. The Balaban J connectivity index is 2.79. The van der Waals surface area contributed by atoms with Crippen molar-refractivity contribution in [1.82, 2.24) is 5.32 Å². The first-order valence-electron chi connectivity index (χ1n) is 6.10.